The lowest BCUT2D eigenvalue weighted by Gasteiger charge is -2.13. The van der Waals surface area contributed by atoms with Gasteiger partial charge < -0.3 is 5.32 Å². The number of carbonyl (C=O) groups excluding carboxylic acids is 3. The third-order valence-corrected chi connectivity index (χ3v) is 2.26. The van der Waals surface area contributed by atoms with E-state index in [0.717, 1.165) is 6.08 Å². The molecule has 0 spiro atoms. The fourth-order valence-corrected chi connectivity index (χ4v) is 1.41. The van der Waals surface area contributed by atoms with Crippen molar-refractivity contribution < 1.29 is 14.4 Å². The first-order chi connectivity index (χ1) is 8.13. The Hall–Kier alpha value is -2.37. The molecule has 0 atom stereocenters. The molecule has 17 heavy (non-hydrogen) atoms. The summed E-state index contributed by atoms with van der Waals surface area (Å²) in [4.78, 5) is 42.3. The van der Waals surface area contributed by atoms with Gasteiger partial charge in [-0.2, -0.15) is 0 Å². The number of fused-ring (bicyclic) bond motifs is 1. The Balaban J connectivity index is 2.38. The van der Waals surface area contributed by atoms with Crippen molar-refractivity contribution in [2.24, 2.45) is 0 Å². The standard InChI is InChI=1S/C11H9N3O3/c1-2-8(16)14-6-5-7(15)9-10(11(6)17)13-4-3-12-9/h3-5H,2H2,1H3,(H,14,16). The lowest BCUT2D eigenvalue weighted by Crippen LogP contribution is -2.31. The topological polar surface area (TPSA) is 89.0 Å². The molecule has 0 radical (unpaired) electrons. The molecule has 1 aliphatic rings. The molecule has 0 saturated heterocycles. The minimum absolute atomic E-state index is 0.0204. The van der Waals surface area contributed by atoms with Crippen LogP contribution in [0.15, 0.2) is 24.2 Å². The predicted octanol–water partition coefficient (Wildman–Crippen LogP) is 0.266. The van der Waals surface area contributed by atoms with Crippen LogP contribution < -0.4 is 5.32 Å². The summed E-state index contributed by atoms with van der Waals surface area (Å²) in [5, 5.41) is 2.37. The van der Waals surface area contributed by atoms with Gasteiger partial charge >= 0.3 is 0 Å². The molecular formula is C11H9N3O3. The Morgan fingerprint density at radius 3 is 2.53 bits per heavy atom. The molecule has 1 aromatic rings. The van der Waals surface area contributed by atoms with Crippen molar-refractivity contribution in [2.45, 2.75) is 13.3 Å². The Bertz CT molecular complexity index is 549. The van der Waals surface area contributed by atoms with Gasteiger partial charge in [0.2, 0.25) is 17.5 Å². The van der Waals surface area contributed by atoms with Crippen LogP contribution in [0.2, 0.25) is 0 Å². The SMILES string of the molecule is CCC(=O)NC1=CC(=O)c2nccnc2C1=O. The number of hydrogen-bond acceptors (Lipinski definition) is 5. The number of ketones is 2. The van der Waals surface area contributed by atoms with E-state index < -0.39 is 11.6 Å². The number of nitrogens with one attached hydrogen (secondary N) is 1. The summed E-state index contributed by atoms with van der Waals surface area (Å²) in [6.45, 7) is 1.65. The molecule has 2 rings (SSSR count). The number of carbonyl (C=O) groups is 3. The molecule has 0 bridgehead atoms. The summed E-state index contributed by atoms with van der Waals surface area (Å²) in [6.07, 6.45) is 3.97. The maximum atomic E-state index is 11.9. The van der Waals surface area contributed by atoms with E-state index in [9.17, 15) is 14.4 Å². The number of hydrogen-bond donors (Lipinski definition) is 1. The zero-order valence-electron chi connectivity index (χ0n) is 9.06. The first-order valence-electron chi connectivity index (χ1n) is 5.05. The minimum atomic E-state index is -0.491. The molecule has 1 aliphatic carbocycles. The van der Waals surface area contributed by atoms with Crippen LogP contribution in [0.25, 0.3) is 0 Å². The summed E-state index contributed by atoms with van der Waals surface area (Å²) in [5.41, 5.74) is -0.0479. The fourth-order valence-electron chi connectivity index (χ4n) is 1.41. The van der Waals surface area contributed by atoms with E-state index in [0.29, 0.717) is 0 Å². The molecular weight excluding hydrogens is 222 g/mol. The number of amides is 1. The molecule has 0 fully saturated rings. The zero-order chi connectivity index (χ0) is 12.4. The smallest absolute Gasteiger partial charge is 0.230 e. The maximum Gasteiger partial charge on any atom is 0.230 e. The highest BCUT2D eigenvalue weighted by Crippen LogP contribution is 2.15. The van der Waals surface area contributed by atoms with E-state index in [1.54, 1.807) is 6.92 Å². The lowest BCUT2D eigenvalue weighted by atomic mass is 10.0. The Morgan fingerprint density at radius 1 is 1.24 bits per heavy atom. The molecule has 1 amide bonds. The first-order valence-corrected chi connectivity index (χ1v) is 5.05. The average molecular weight is 231 g/mol. The summed E-state index contributed by atoms with van der Waals surface area (Å²) < 4.78 is 0. The van der Waals surface area contributed by atoms with Gasteiger partial charge in [0.1, 0.15) is 11.4 Å². The van der Waals surface area contributed by atoms with E-state index >= 15 is 0 Å². The largest absolute Gasteiger partial charge is 0.323 e. The number of rotatable bonds is 2. The van der Waals surface area contributed by atoms with Gasteiger partial charge in [-0.15, -0.1) is 0 Å². The molecule has 6 nitrogen and oxygen atoms in total. The highest BCUT2D eigenvalue weighted by atomic mass is 16.2. The molecule has 86 valence electrons. The van der Waals surface area contributed by atoms with E-state index in [2.05, 4.69) is 15.3 Å². The molecule has 0 aromatic carbocycles. The van der Waals surface area contributed by atoms with Crippen molar-refractivity contribution in [3.63, 3.8) is 0 Å². The van der Waals surface area contributed by atoms with Crippen LogP contribution in [-0.2, 0) is 4.79 Å². The van der Waals surface area contributed by atoms with E-state index in [1.807, 2.05) is 0 Å². The van der Waals surface area contributed by atoms with Crippen LogP contribution in [-0.4, -0.2) is 27.4 Å². The third kappa shape index (κ3) is 1.96. The summed E-state index contributed by atoms with van der Waals surface area (Å²) in [5.74, 6) is -1.25. The maximum absolute atomic E-state index is 11.9. The average Bonchev–Trinajstić information content (AvgIpc) is 2.35. The van der Waals surface area contributed by atoms with Crippen molar-refractivity contribution in [3.8, 4) is 0 Å². The van der Waals surface area contributed by atoms with Crippen molar-refractivity contribution in [1.29, 1.82) is 0 Å². The molecule has 1 heterocycles. The van der Waals surface area contributed by atoms with Crippen molar-refractivity contribution >= 4 is 17.5 Å². The van der Waals surface area contributed by atoms with Gasteiger partial charge in [0.05, 0.1) is 5.70 Å². The molecule has 0 aliphatic heterocycles. The normalized spacial score (nSPS) is 14.1. The monoisotopic (exact) mass is 231 g/mol. The quantitative estimate of drug-likeness (QED) is 0.788. The molecule has 1 aromatic heterocycles. The molecule has 0 saturated carbocycles. The van der Waals surface area contributed by atoms with Crippen LogP contribution in [0.3, 0.4) is 0 Å². The van der Waals surface area contributed by atoms with Gasteiger partial charge in [0, 0.05) is 24.9 Å². The van der Waals surface area contributed by atoms with E-state index in [-0.39, 0.29) is 29.4 Å². The van der Waals surface area contributed by atoms with Crippen LogP contribution in [0, 0.1) is 0 Å². The molecule has 6 heteroatoms. The van der Waals surface area contributed by atoms with E-state index in [4.69, 9.17) is 0 Å². The minimum Gasteiger partial charge on any atom is -0.323 e. The van der Waals surface area contributed by atoms with Crippen LogP contribution in [0.1, 0.15) is 34.3 Å². The van der Waals surface area contributed by atoms with Crippen LogP contribution in [0.4, 0.5) is 0 Å². The van der Waals surface area contributed by atoms with Crippen molar-refractivity contribution in [1.82, 2.24) is 15.3 Å². The van der Waals surface area contributed by atoms with Crippen LogP contribution >= 0.6 is 0 Å². The Labute approximate surface area is 96.8 Å². The highest BCUT2D eigenvalue weighted by molar-refractivity contribution is 6.23. The number of nitrogens with zero attached hydrogens (tertiary/aromatic N) is 2. The van der Waals surface area contributed by atoms with E-state index in [1.165, 1.54) is 12.4 Å². The summed E-state index contributed by atoms with van der Waals surface area (Å²) in [6, 6.07) is 0. The van der Waals surface area contributed by atoms with Crippen molar-refractivity contribution in [2.75, 3.05) is 0 Å². The number of allylic oxidation sites excluding steroid dienone is 2. The second-order valence-electron chi connectivity index (χ2n) is 3.41. The lowest BCUT2D eigenvalue weighted by molar-refractivity contribution is -0.120. The van der Waals surface area contributed by atoms with Crippen LogP contribution in [0.5, 0.6) is 0 Å². The summed E-state index contributed by atoms with van der Waals surface area (Å²) in [7, 11) is 0. The number of Topliss-reactive ketones (excluding diaryl/α,β-unsaturated/α-hetero) is 1. The summed E-state index contributed by atoms with van der Waals surface area (Å²) >= 11 is 0. The van der Waals surface area contributed by atoms with Gasteiger partial charge in [-0.05, 0) is 0 Å². The molecule has 0 unspecified atom stereocenters. The number of aromatic nitrogens is 2. The Morgan fingerprint density at radius 2 is 1.88 bits per heavy atom. The van der Waals surface area contributed by atoms with Gasteiger partial charge in [0.15, 0.2) is 0 Å². The highest BCUT2D eigenvalue weighted by Gasteiger charge is 2.28. The van der Waals surface area contributed by atoms with Gasteiger partial charge in [-0.1, -0.05) is 6.92 Å². The fraction of sp³-hybridized carbons (Fsp3) is 0.182. The second kappa shape index (κ2) is 4.25. The van der Waals surface area contributed by atoms with Gasteiger partial charge in [-0.25, -0.2) is 9.97 Å². The predicted molar refractivity (Wildman–Crippen MR) is 57.2 cm³/mol. The third-order valence-electron chi connectivity index (χ3n) is 2.26. The first kappa shape index (κ1) is 11.1. The zero-order valence-corrected chi connectivity index (χ0v) is 9.06. The van der Waals surface area contributed by atoms with Gasteiger partial charge in [-0.3, -0.25) is 14.4 Å². The molecule has 1 N–H and O–H groups in total. The second-order valence-corrected chi connectivity index (χ2v) is 3.41. The van der Waals surface area contributed by atoms with Crippen molar-refractivity contribution in [3.05, 3.63) is 35.6 Å². The Kier molecular flexibility index (Phi) is 2.78. The van der Waals surface area contributed by atoms with Gasteiger partial charge in [0.25, 0.3) is 0 Å².